The van der Waals surface area contributed by atoms with Crippen molar-refractivity contribution in [3.8, 4) is 17.2 Å². The van der Waals surface area contributed by atoms with Crippen molar-refractivity contribution in [2.75, 3.05) is 0 Å². The molecule has 0 fully saturated rings. The first kappa shape index (κ1) is 14.3. The molecule has 2 aromatic rings. The van der Waals surface area contributed by atoms with Crippen LogP contribution in [0.3, 0.4) is 0 Å². The molecular formula is C13H8F5NS. The maximum absolute atomic E-state index is 12.7. The highest BCUT2D eigenvalue weighted by atomic mass is 32.5. The molecule has 0 aliphatic rings. The van der Waals surface area contributed by atoms with Crippen molar-refractivity contribution < 1.29 is 19.4 Å². The van der Waals surface area contributed by atoms with Gasteiger partial charge >= 0.3 is 10.2 Å². The largest absolute Gasteiger partial charge is 0.310 e. The van der Waals surface area contributed by atoms with E-state index in [9.17, 15) is 19.4 Å². The van der Waals surface area contributed by atoms with Gasteiger partial charge in [-0.1, -0.05) is 43.7 Å². The standard InChI is InChI=1S/C13H8F5NS/c14-20(15,16,17,18)13-3-1-2-12(8-13)11-6-4-10(9-19)5-7-11/h1-8H. The highest BCUT2D eigenvalue weighted by Crippen LogP contribution is 3.02. The van der Waals surface area contributed by atoms with Gasteiger partial charge in [-0.2, -0.15) is 5.26 Å². The Bertz CT molecular complexity index is 698. The third-order valence-electron chi connectivity index (χ3n) is 2.63. The van der Waals surface area contributed by atoms with Crippen LogP contribution in [0.25, 0.3) is 11.1 Å². The lowest BCUT2D eigenvalue weighted by atomic mass is 10.0. The highest BCUT2D eigenvalue weighted by Gasteiger charge is 2.65. The zero-order valence-electron chi connectivity index (χ0n) is 9.86. The molecule has 0 saturated carbocycles. The minimum Gasteiger partial charge on any atom is -0.192 e. The van der Waals surface area contributed by atoms with E-state index < -0.39 is 15.1 Å². The molecule has 0 aliphatic carbocycles. The molecule has 0 amide bonds. The van der Waals surface area contributed by atoms with E-state index in [1.54, 1.807) is 0 Å². The minimum atomic E-state index is -9.68. The van der Waals surface area contributed by atoms with E-state index >= 15 is 0 Å². The molecular weight excluding hydrogens is 297 g/mol. The lowest BCUT2D eigenvalue weighted by molar-refractivity contribution is 0.364. The zero-order chi connectivity index (χ0) is 15.1. The molecule has 1 nitrogen and oxygen atoms in total. The summed E-state index contributed by atoms with van der Waals surface area (Å²) in [6.07, 6.45) is 0. The maximum atomic E-state index is 12.7. The second kappa shape index (κ2) is 3.73. The SMILES string of the molecule is N#Cc1ccc(-c2cccc(S(F)(F)(F)(F)F)c2)cc1. The monoisotopic (exact) mass is 305 g/mol. The fourth-order valence-corrected chi connectivity index (χ4v) is 2.34. The van der Waals surface area contributed by atoms with Crippen LogP contribution in [0.5, 0.6) is 0 Å². The molecule has 0 aliphatic heterocycles. The quantitative estimate of drug-likeness (QED) is 0.635. The predicted octanol–water partition coefficient (Wildman–Crippen LogP) is 5.88. The third-order valence-corrected chi connectivity index (χ3v) is 3.77. The molecule has 0 atom stereocenters. The number of rotatable bonds is 2. The molecule has 2 aromatic carbocycles. The first-order valence-corrected chi connectivity index (χ1v) is 7.29. The minimum absolute atomic E-state index is 0.0141. The summed E-state index contributed by atoms with van der Waals surface area (Å²) in [4.78, 5) is -1.92. The average molecular weight is 305 g/mol. The van der Waals surface area contributed by atoms with Crippen LogP contribution in [0.1, 0.15) is 5.56 Å². The molecule has 0 saturated heterocycles. The summed E-state index contributed by atoms with van der Waals surface area (Å²) in [7, 11) is -9.68. The first-order valence-electron chi connectivity index (χ1n) is 5.34. The van der Waals surface area contributed by atoms with Gasteiger partial charge in [0.05, 0.1) is 11.6 Å². The summed E-state index contributed by atoms with van der Waals surface area (Å²) in [6.45, 7) is 0. The second-order valence-corrected chi connectivity index (χ2v) is 6.60. The molecule has 7 heteroatoms. The van der Waals surface area contributed by atoms with Gasteiger partial charge in [0.15, 0.2) is 0 Å². The van der Waals surface area contributed by atoms with Gasteiger partial charge in [0.1, 0.15) is 4.90 Å². The lowest BCUT2D eigenvalue weighted by Gasteiger charge is -2.40. The van der Waals surface area contributed by atoms with Crippen molar-refractivity contribution in [2.45, 2.75) is 4.90 Å². The van der Waals surface area contributed by atoms with Gasteiger partial charge in [0.25, 0.3) is 0 Å². The molecule has 0 heterocycles. The van der Waals surface area contributed by atoms with Gasteiger partial charge in [-0.3, -0.25) is 0 Å². The van der Waals surface area contributed by atoms with E-state index in [2.05, 4.69) is 0 Å². The van der Waals surface area contributed by atoms with Crippen LogP contribution >= 0.6 is 10.2 Å². The summed E-state index contributed by atoms with van der Waals surface area (Å²) in [5, 5.41) is 8.62. The molecule has 0 aromatic heterocycles. The van der Waals surface area contributed by atoms with Crippen molar-refractivity contribution in [3.05, 3.63) is 54.1 Å². The number of hydrogen-bond acceptors (Lipinski definition) is 1. The van der Waals surface area contributed by atoms with Gasteiger partial charge in [-0.25, -0.2) is 0 Å². The number of halogens is 5. The first-order chi connectivity index (χ1) is 8.99. The fourth-order valence-electron chi connectivity index (χ4n) is 1.65. The Balaban J connectivity index is 2.54. The Morgan fingerprint density at radius 3 is 1.90 bits per heavy atom. The Morgan fingerprint density at radius 2 is 1.40 bits per heavy atom. The highest BCUT2D eigenvalue weighted by molar-refractivity contribution is 8.45. The van der Waals surface area contributed by atoms with E-state index in [-0.39, 0.29) is 5.56 Å². The van der Waals surface area contributed by atoms with Gasteiger partial charge in [0.2, 0.25) is 0 Å². The molecule has 106 valence electrons. The summed E-state index contributed by atoms with van der Waals surface area (Å²) in [6, 6.07) is 10.5. The number of nitriles is 1. The third kappa shape index (κ3) is 3.08. The number of benzene rings is 2. The summed E-state index contributed by atoms with van der Waals surface area (Å²) in [5.41, 5.74) is 0.672. The predicted molar refractivity (Wildman–Crippen MR) is 68.0 cm³/mol. The zero-order valence-corrected chi connectivity index (χ0v) is 10.7. The molecule has 20 heavy (non-hydrogen) atoms. The molecule has 2 rings (SSSR count). The van der Waals surface area contributed by atoms with E-state index in [0.29, 0.717) is 23.3 Å². The van der Waals surface area contributed by atoms with Crippen molar-refractivity contribution in [1.29, 1.82) is 5.26 Å². The van der Waals surface area contributed by atoms with Gasteiger partial charge < -0.3 is 0 Å². The Morgan fingerprint density at radius 1 is 0.800 bits per heavy atom. The van der Waals surface area contributed by atoms with Crippen LogP contribution in [0.4, 0.5) is 19.4 Å². The molecule has 0 radical (unpaired) electrons. The topological polar surface area (TPSA) is 23.8 Å². The summed E-state index contributed by atoms with van der Waals surface area (Å²) < 4.78 is 63.6. The average Bonchev–Trinajstić information content (AvgIpc) is 2.36. The molecule has 0 bridgehead atoms. The molecule has 0 N–H and O–H groups in total. The van der Waals surface area contributed by atoms with E-state index in [1.165, 1.54) is 30.3 Å². The molecule has 0 unspecified atom stereocenters. The fraction of sp³-hybridized carbons (Fsp3) is 0. The Hall–Kier alpha value is -2.07. The summed E-state index contributed by atoms with van der Waals surface area (Å²) >= 11 is 0. The smallest absolute Gasteiger partial charge is 0.192 e. The van der Waals surface area contributed by atoms with Gasteiger partial charge in [-0.15, -0.1) is 0 Å². The van der Waals surface area contributed by atoms with Crippen LogP contribution < -0.4 is 0 Å². The van der Waals surface area contributed by atoms with E-state index in [1.807, 2.05) is 6.07 Å². The summed E-state index contributed by atoms with van der Waals surface area (Å²) in [5.74, 6) is 0. The van der Waals surface area contributed by atoms with E-state index in [0.717, 1.165) is 6.07 Å². The Kier molecular flexibility index (Phi) is 2.68. The second-order valence-electron chi connectivity index (χ2n) is 4.19. The van der Waals surface area contributed by atoms with Crippen LogP contribution in [0.15, 0.2) is 53.4 Å². The molecule has 0 spiro atoms. The van der Waals surface area contributed by atoms with Gasteiger partial charge in [0, 0.05) is 0 Å². The van der Waals surface area contributed by atoms with Crippen LogP contribution in [0, 0.1) is 11.3 Å². The van der Waals surface area contributed by atoms with Crippen LogP contribution in [-0.4, -0.2) is 0 Å². The normalized spacial score (nSPS) is 15.0. The van der Waals surface area contributed by atoms with Crippen molar-refractivity contribution in [3.63, 3.8) is 0 Å². The van der Waals surface area contributed by atoms with Crippen molar-refractivity contribution >= 4 is 10.2 Å². The maximum Gasteiger partial charge on any atom is 0.310 e. The van der Waals surface area contributed by atoms with Crippen molar-refractivity contribution in [1.82, 2.24) is 0 Å². The van der Waals surface area contributed by atoms with E-state index in [4.69, 9.17) is 5.26 Å². The van der Waals surface area contributed by atoms with Gasteiger partial charge in [-0.05, 0) is 35.4 Å². The van der Waals surface area contributed by atoms with Crippen LogP contribution in [0.2, 0.25) is 0 Å². The van der Waals surface area contributed by atoms with Crippen LogP contribution in [-0.2, 0) is 0 Å². The van der Waals surface area contributed by atoms with Crippen molar-refractivity contribution in [2.24, 2.45) is 0 Å². The number of hydrogen-bond donors (Lipinski definition) is 0. The lowest BCUT2D eigenvalue weighted by Crippen LogP contribution is -2.05. The number of nitrogens with zero attached hydrogens (tertiary/aromatic N) is 1. The Labute approximate surface area is 112 Å².